The van der Waals surface area contributed by atoms with E-state index in [2.05, 4.69) is 36.7 Å². The van der Waals surface area contributed by atoms with E-state index >= 15 is 0 Å². The molecule has 0 aromatic rings. The average Bonchev–Trinajstić information content (AvgIpc) is 2.60. The highest BCUT2D eigenvalue weighted by Crippen LogP contribution is 2.37. The van der Waals surface area contributed by atoms with Gasteiger partial charge in [0.2, 0.25) is 0 Å². The molecule has 0 radical (unpaired) electrons. The van der Waals surface area contributed by atoms with Crippen molar-refractivity contribution in [1.29, 1.82) is 0 Å². The first kappa shape index (κ1) is 10.2. The van der Waals surface area contributed by atoms with Crippen LogP contribution in [0.15, 0.2) is 12.7 Å². The van der Waals surface area contributed by atoms with Crippen LogP contribution < -0.4 is 5.32 Å². The molecule has 1 saturated carbocycles. The number of piperazine rings is 1. The van der Waals surface area contributed by atoms with Crippen LogP contribution in [-0.2, 0) is 0 Å². The molecule has 14 heavy (non-hydrogen) atoms. The second-order valence-corrected chi connectivity index (χ2v) is 4.91. The fraction of sp³-hybridized carbons (Fsp3) is 0.833. The standard InChI is InChI=1S/C12H22N2/c1-4-12-7-5-6-11(12)14(10(2)3)9-8-13-12/h4,10-11,13H,1,5-9H2,2-3H3/t11-,12+/m0/s1. The molecule has 2 aliphatic rings. The van der Waals surface area contributed by atoms with Gasteiger partial charge in [0.15, 0.2) is 0 Å². The minimum absolute atomic E-state index is 0.225. The van der Waals surface area contributed by atoms with Crippen molar-refractivity contribution in [1.82, 2.24) is 10.2 Å². The highest BCUT2D eigenvalue weighted by Gasteiger charge is 2.46. The Morgan fingerprint density at radius 2 is 2.36 bits per heavy atom. The third-order valence-electron chi connectivity index (χ3n) is 3.91. The van der Waals surface area contributed by atoms with Crippen LogP contribution in [0.5, 0.6) is 0 Å². The van der Waals surface area contributed by atoms with Crippen molar-refractivity contribution in [2.24, 2.45) is 0 Å². The molecule has 80 valence electrons. The van der Waals surface area contributed by atoms with Crippen LogP contribution in [0.25, 0.3) is 0 Å². The van der Waals surface area contributed by atoms with E-state index in [0.29, 0.717) is 12.1 Å². The van der Waals surface area contributed by atoms with Gasteiger partial charge >= 0.3 is 0 Å². The maximum Gasteiger partial charge on any atom is 0.0520 e. The normalized spacial score (nSPS) is 38.6. The van der Waals surface area contributed by atoms with Gasteiger partial charge in [-0.15, -0.1) is 6.58 Å². The van der Waals surface area contributed by atoms with E-state index in [1.54, 1.807) is 0 Å². The zero-order valence-electron chi connectivity index (χ0n) is 9.42. The topological polar surface area (TPSA) is 15.3 Å². The Labute approximate surface area is 87.4 Å². The monoisotopic (exact) mass is 194 g/mol. The van der Waals surface area contributed by atoms with Crippen molar-refractivity contribution in [3.8, 4) is 0 Å². The minimum Gasteiger partial charge on any atom is -0.305 e. The molecule has 1 aliphatic heterocycles. The number of hydrogen-bond acceptors (Lipinski definition) is 2. The van der Waals surface area contributed by atoms with E-state index in [1.807, 2.05) is 0 Å². The Hall–Kier alpha value is -0.340. The van der Waals surface area contributed by atoms with Gasteiger partial charge in [-0.05, 0) is 33.1 Å². The lowest BCUT2D eigenvalue weighted by Gasteiger charge is -2.47. The zero-order valence-corrected chi connectivity index (χ0v) is 9.42. The molecule has 1 heterocycles. The highest BCUT2D eigenvalue weighted by molar-refractivity contribution is 5.16. The van der Waals surface area contributed by atoms with Gasteiger partial charge in [-0.2, -0.15) is 0 Å². The number of nitrogens with one attached hydrogen (secondary N) is 1. The molecule has 1 aliphatic carbocycles. The summed E-state index contributed by atoms with van der Waals surface area (Å²) in [6, 6.07) is 1.35. The molecular formula is C12H22N2. The number of fused-ring (bicyclic) bond motifs is 1. The Bertz CT molecular complexity index is 224. The largest absolute Gasteiger partial charge is 0.305 e. The summed E-state index contributed by atoms with van der Waals surface area (Å²) in [5, 5.41) is 3.67. The number of rotatable bonds is 2. The van der Waals surface area contributed by atoms with Crippen LogP contribution in [-0.4, -0.2) is 35.6 Å². The van der Waals surface area contributed by atoms with Crippen LogP contribution in [0, 0.1) is 0 Å². The van der Waals surface area contributed by atoms with Crippen molar-refractivity contribution in [3.05, 3.63) is 12.7 Å². The molecule has 0 aromatic carbocycles. The van der Waals surface area contributed by atoms with Crippen molar-refractivity contribution < 1.29 is 0 Å². The van der Waals surface area contributed by atoms with Crippen molar-refractivity contribution in [2.75, 3.05) is 13.1 Å². The van der Waals surface area contributed by atoms with Crippen LogP contribution in [0.1, 0.15) is 33.1 Å². The van der Waals surface area contributed by atoms with E-state index in [4.69, 9.17) is 0 Å². The molecule has 0 spiro atoms. The quantitative estimate of drug-likeness (QED) is 0.674. The first-order valence-electron chi connectivity index (χ1n) is 5.84. The Morgan fingerprint density at radius 3 is 3.00 bits per heavy atom. The van der Waals surface area contributed by atoms with E-state index in [0.717, 1.165) is 6.54 Å². The highest BCUT2D eigenvalue weighted by atomic mass is 15.3. The van der Waals surface area contributed by atoms with Gasteiger partial charge < -0.3 is 5.32 Å². The van der Waals surface area contributed by atoms with Gasteiger partial charge in [0.25, 0.3) is 0 Å². The summed E-state index contributed by atoms with van der Waals surface area (Å²) in [6.07, 6.45) is 6.09. The predicted molar refractivity (Wildman–Crippen MR) is 60.4 cm³/mol. The number of nitrogens with zero attached hydrogens (tertiary/aromatic N) is 1. The summed E-state index contributed by atoms with van der Waals surface area (Å²) in [7, 11) is 0. The molecule has 2 nitrogen and oxygen atoms in total. The molecule has 0 unspecified atom stereocenters. The van der Waals surface area contributed by atoms with Gasteiger partial charge in [0.05, 0.1) is 5.54 Å². The summed E-state index contributed by atoms with van der Waals surface area (Å²) in [6.45, 7) is 10.9. The molecule has 2 fully saturated rings. The lowest BCUT2D eigenvalue weighted by atomic mass is 9.89. The summed E-state index contributed by atoms with van der Waals surface area (Å²) in [5.74, 6) is 0. The van der Waals surface area contributed by atoms with Crippen LogP contribution >= 0.6 is 0 Å². The SMILES string of the molecule is C=C[C@@]12CCC[C@@H]1N(C(C)C)CCN2. The molecule has 1 N–H and O–H groups in total. The van der Waals surface area contributed by atoms with Crippen molar-refractivity contribution in [2.45, 2.75) is 50.7 Å². The van der Waals surface area contributed by atoms with Crippen molar-refractivity contribution in [3.63, 3.8) is 0 Å². The van der Waals surface area contributed by atoms with Gasteiger partial charge in [0, 0.05) is 25.2 Å². The summed E-state index contributed by atoms with van der Waals surface area (Å²) >= 11 is 0. The summed E-state index contributed by atoms with van der Waals surface area (Å²) < 4.78 is 0. The molecule has 2 atom stereocenters. The Kier molecular flexibility index (Phi) is 2.67. The predicted octanol–water partition coefficient (Wildman–Crippen LogP) is 1.78. The minimum atomic E-state index is 0.225. The van der Waals surface area contributed by atoms with Crippen molar-refractivity contribution >= 4 is 0 Å². The van der Waals surface area contributed by atoms with Gasteiger partial charge in [0.1, 0.15) is 0 Å². The molecule has 1 saturated heterocycles. The lowest BCUT2D eigenvalue weighted by molar-refractivity contribution is 0.0736. The fourth-order valence-corrected chi connectivity index (χ4v) is 3.18. The second kappa shape index (κ2) is 3.67. The molecule has 0 aromatic heterocycles. The number of hydrogen-bond donors (Lipinski definition) is 1. The fourth-order valence-electron chi connectivity index (χ4n) is 3.18. The third-order valence-corrected chi connectivity index (χ3v) is 3.91. The molecule has 0 bridgehead atoms. The molecule has 2 rings (SSSR count). The van der Waals surface area contributed by atoms with Crippen LogP contribution in [0.3, 0.4) is 0 Å². The second-order valence-electron chi connectivity index (χ2n) is 4.91. The van der Waals surface area contributed by atoms with E-state index in [1.165, 1.54) is 25.8 Å². The molecule has 0 amide bonds. The third kappa shape index (κ3) is 1.41. The Morgan fingerprint density at radius 1 is 1.57 bits per heavy atom. The van der Waals surface area contributed by atoms with Gasteiger partial charge in [-0.1, -0.05) is 6.08 Å². The van der Waals surface area contributed by atoms with Gasteiger partial charge in [-0.3, -0.25) is 4.90 Å². The smallest absolute Gasteiger partial charge is 0.0520 e. The maximum atomic E-state index is 4.02. The molecular weight excluding hydrogens is 172 g/mol. The van der Waals surface area contributed by atoms with Crippen LogP contribution in [0.4, 0.5) is 0 Å². The summed E-state index contributed by atoms with van der Waals surface area (Å²) in [4.78, 5) is 2.64. The lowest BCUT2D eigenvalue weighted by Crippen LogP contribution is -2.64. The molecule has 2 heteroatoms. The zero-order chi connectivity index (χ0) is 10.2. The van der Waals surface area contributed by atoms with Crippen LogP contribution in [0.2, 0.25) is 0 Å². The average molecular weight is 194 g/mol. The first-order valence-corrected chi connectivity index (χ1v) is 5.84. The van der Waals surface area contributed by atoms with E-state index in [9.17, 15) is 0 Å². The first-order chi connectivity index (χ1) is 6.69. The van der Waals surface area contributed by atoms with E-state index < -0.39 is 0 Å². The summed E-state index contributed by atoms with van der Waals surface area (Å²) in [5.41, 5.74) is 0.225. The maximum absolute atomic E-state index is 4.02. The van der Waals surface area contributed by atoms with E-state index in [-0.39, 0.29) is 5.54 Å². The van der Waals surface area contributed by atoms with Gasteiger partial charge in [-0.25, -0.2) is 0 Å². The Balaban J connectivity index is 2.21.